The maximum Gasteiger partial charge on any atom is 0.347 e. The molecule has 2 bridgehead atoms. The fourth-order valence-corrected chi connectivity index (χ4v) is 5.61. The van der Waals surface area contributed by atoms with Crippen LogP contribution in [0.3, 0.4) is 0 Å². The molecule has 5 heteroatoms. The molecule has 30 heavy (non-hydrogen) atoms. The second-order valence-electron chi connectivity index (χ2n) is 8.46. The van der Waals surface area contributed by atoms with Crippen LogP contribution in [0.15, 0.2) is 60.7 Å². The Balaban J connectivity index is 1.49. The molecular formula is C25H30INO3. The summed E-state index contributed by atoms with van der Waals surface area (Å²) in [5.41, 5.74) is -0.709. The van der Waals surface area contributed by atoms with Crippen LogP contribution in [0.25, 0.3) is 0 Å². The molecular weight excluding hydrogens is 489 g/mol. The normalized spacial score (nSPS) is 24.0. The van der Waals surface area contributed by atoms with Crippen LogP contribution in [0, 0.1) is 0 Å². The van der Waals surface area contributed by atoms with Crippen LogP contribution in [0.4, 0.5) is 0 Å². The molecule has 0 amide bonds. The molecule has 1 N–H and O–H groups in total. The van der Waals surface area contributed by atoms with Gasteiger partial charge in [-0.25, -0.2) is 4.79 Å². The Hall–Kier alpha value is -1.44. The summed E-state index contributed by atoms with van der Waals surface area (Å²) in [7, 11) is 0. The Morgan fingerprint density at radius 1 is 0.967 bits per heavy atom. The second-order valence-corrected chi connectivity index (χ2v) is 9.54. The number of carbonyl (C=O) groups is 1. The topological polar surface area (TPSA) is 49.8 Å². The second kappa shape index (κ2) is 9.79. The van der Waals surface area contributed by atoms with E-state index >= 15 is 0 Å². The van der Waals surface area contributed by atoms with Crippen LogP contribution in [0.1, 0.15) is 49.7 Å². The maximum atomic E-state index is 13.4. The fraction of sp³-hybridized carbons (Fsp3) is 0.480. The molecule has 4 rings (SSSR count). The van der Waals surface area contributed by atoms with Gasteiger partial charge in [0.15, 0.2) is 0 Å². The van der Waals surface area contributed by atoms with Gasteiger partial charge in [0.25, 0.3) is 0 Å². The van der Waals surface area contributed by atoms with E-state index in [9.17, 15) is 9.90 Å². The summed E-state index contributed by atoms with van der Waals surface area (Å²) in [5, 5.41) is 11.6. The summed E-state index contributed by atoms with van der Waals surface area (Å²) in [6.45, 7) is 1.15. The predicted molar refractivity (Wildman–Crippen MR) is 127 cm³/mol. The van der Waals surface area contributed by atoms with Gasteiger partial charge < -0.3 is 9.84 Å². The molecule has 2 aliphatic rings. The molecule has 4 nitrogen and oxygen atoms in total. The highest BCUT2D eigenvalue weighted by Crippen LogP contribution is 2.39. The van der Waals surface area contributed by atoms with Gasteiger partial charge in [-0.2, -0.15) is 0 Å². The molecule has 0 radical (unpaired) electrons. The van der Waals surface area contributed by atoms with E-state index in [0.29, 0.717) is 23.2 Å². The number of nitrogens with zero attached hydrogens (tertiary/aromatic N) is 1. The number of hydrogen-bond donors (Lipinski definition) is 1. The first-order chi connectivity index (χ1) is 14.6. The number of rotatable bonds is 8. The van der Waals surface area contributed by atoms with E-state index in [1.807, 2.05) is 36.4 Å². The molecule has 2 aromatic rings. The molecule has 2 unspecified atom stereocenters. The van der Waals surface area contributed by atoms with Crippen LogP contribution < -0.4 is 0 Å². The zero-order valence-electron chi connectivity index (χ0n) is 17.3. The van der Waals surface area contributed by atoms with E-state index in [4.69, 9.17) is 4.74 Å². The Labute approximate surface area is 192 Å². The van der Waals surface area contributed by atoms with Crippen molar-refractivity contribution < 1.29 is 14.6 Å². The number of esters is 1. The van der Waals surface area contributed by atoms with Gasteiger partial charge in [0, 0.05) is 24.9 Å². The molecule has 2 heterocycles. The number of carbonyl (C=O) groups excluding carboxylic acids is 1. The summed E-state index contributed by atoms with van der Waals surface area (Å²) in [6.07, 6.45) is 6.47. The number of unbranched alkanes of at least 4 members (excludes halogenated alkanes) is 1. The molecule has 0 saturated carbocycles. The zero-order chi connectivity index (χ0) is 21.0. The van der Waals surface area contributed by atoms with Crippen LogP contribution in [0.5, 0.6) is 0 Å². The summed E-state index contributed by atoms with van der Waals surface area (Å²) in [5.74, 6) is -0.567. The number of alkyl halides is 1. The van der Waals surface area contributed by atoms with Crippen LogP contribution in [0.2, 0.25) is 0 Å². The quantitative estimate of drug-likeness (QED) is 0.238. The van der Waals surface area contributed by atoms with Crippen molar-refractivity contribution in [3.63, 3.8) is 0 Å². The van der Waals surface area contributed by atoms with E-state index in [1.54, 1.807) is 24.3 Å². The van der Waals surface area contributed by atoms with E-state index in [0.717, 1.165) is 19.4 Å². The van der Waals surface area contributed by atoms with Gasteiger partial charge in [0.2, 0.25) is 5.60 Å². The molecule has 160 valence electrons. The van der Waals surface area contributed by atoms with Gasteiger partial charge in [-0.15, -0.1) is 0 Å². The lowest BCUT2D eigenvalue weighted by Gasteiger charge is -2.39. The highest BCUT2D eigenvalue weighted by Gasteiger charge is 2.46. The standard InChI is InChI=1S/C25H30INO3/c26-15-7-8-16-27-21-13-14-22(27)18-23(17-21)30-24(28)25(29,19-9-3-1-4-10-19)20-11-5-2-6-12-20/h1-6,9-12,21-23,29H,7-8,13-18H2. The minimum atomic E-state index is -1.79. The van der Waals surface area contributed by atoms with Crippen molar-refractivity contribution in [1.82, 2.24) is 4.90 Å². The molecule has 0 aliphatic carbocycles. The van der Waals surface area contributed by atoms with Gasteiger partial charge in [-0.3, -0.25) is 4.90 Å². The summed E-state index contributed by atoms with van der Waals surface area (Å²) >= 11 is 2.44. The third-order valence-electron chi connectivity index (χ3n) is 6.59. The van der Waals surface area contributed by atoms with Gasteiger partial charge in [0.1, 0.15) is 6.10 Å². The van der Waals surface area contributed by atoms with E-state index in [2.05, 4.69) is 27.5 Å². The molecule has 0 spiro atoms. The smallest absolute Gasteiger partial charge is 0.347 e. The summed E-state index contributed by atoms with van der Waals surface area (Å²) in [6, 6.07) is 19.3. The Kier molecular flexibility index (Phi) is 7.11. The first-order valence-electron chi connectivity index (χ1n) is 11.0. The maximum absolute atomic E-state index is 13.4. The number of halogens is 1. The van der Waals surface area contributed by atoms with Gasteiger partial charge >= 0.3 is 5.97 Å². The van der Waals surface area contributed by atoms with Crippen molar-refractivity contribution in [2.75, 3.05) is 11.0 Å². The molecule has 2 aliphatic heterocycles. The van der Waals surface area contributed by atoms with E-state index in [1.165, 1.54) is 30.1 Å². The van der Waals surface area contributed by atoms with Crippen molar-refractivity contribution in [2.24, 2.45) is 0 Å². The highest BCUT2D eigenvalue weighted by molar-refractivity contribution is 14.1. The predicted octanol–water partition coefficient (Wildman–Crippen LogP) is 4.68. The van der Waals surface area contributed by atoms with Gasteiger partial charge in [-0.05, 0) is 47.8 Å². The molecule has 0 aromatic heterocycles. The first-order valence-corrected chi connectivity index (χ1v) is 12.5. The van der Waals surface area contributed by atoms with Crippen molar-refractivity contribution in [3.05, 3.63) is 71.8 Å². The molecule has 2 saturated heterocycles. The number of aliphatic hydroxyl groups is 1. The number of piperidine rings is 1. The van der Waals surface area contributed by atoms with Gasteiger partial charge in [-0.1, -0.05) is 83.3 Å². The molecule has 2 fully saturated rings. The average Bonchev–Trinajstić information content (AvgIpc) is 3.02. The lowest BCUT2D eigenvalue weighted by molar-refractivity contribution is -0.171. The van der Waals surface area contributed by atoms with E-state index < -0.39 is 11.6 Å². The summed E-state index contributed by atoms with van der Waals surface area (Å²) in [4.78, 5) is 16.0. The average molecular weight is 519 g/mol. The SMILES string of the molecule is O=C(OC1CC2CCC(C1)N2CCCCI)C(O)(c1ccccc1)c1ccccc1. The third kappa shape index (κ3) is 4.43. The first kappa shape index (κ1) is 21.8. The largest absolute Gasteiger partial charge is 0.460 e. The zero-order valence-corrected chi connectivity index (χ0v) is 19.4. The fourth-order valence-electron chi connectivity index (χ4n) is 5.07. The third-order valence-corrected chi connectivity index (χ3v) is 7.36. The van der Waals surface area contributed by atoms with Crippen molar-refractivity contribution in [2.45, 2.75) is 62.3 Å². The van der Waals surface area contributed by atoms with Crippen LogP contribution in [-0.2, 0) is 15.1 Å². The Morgan fingerprint density at radius 2 is 1.50 bits per heavy atom. The highest BCUT2D eigenvalue weighted by atomic mass is 127. The lowest BCUT2D eigenvalue weighted by atomic mass is 9.86. The Morgan fingerprint density at radius 3 is 2.00 bits per heavy atom. The summed E-state index contributed by atoms with van der Waals surface area (Å²) < 4.78 is 7.21. The number of hydrogen-bond acceptors (Lipinski definition) is 4. The number of ether oxygens (including phenoxy) is 1. The lowest BCUT2D eigenvalue weighted by Crippen LogP contribution is -2.48. The molecule has 2 atom stereocenters. The number of fused-ring (bicyclic) bond motifs is 2. The van der Waals surface area contributed by atoms with Crippen molar-refractivity contribution >= 4 is 28.6 Å². The minimum absolute atomic E-state index is 0.130. The van der Waals surface area contributed by atoms with Gasteiger partial charge in [0.05, 0.1) is 0 Å². The molecule has 2 aromatic carbocycles. The van der Waals surface area contributed by atoms with E-state index in [-0.39, 0.29) is 6.10 Å². The Bertz CT molecular complexity index is 775. The van der Waals surface area contributed by atoms with Crippen LogP contribution in [-0.4, -0.2) is 45.1 Å². The monoisotopic (exact) mass is 519 g/mol. The minimum Gasteiger partial charge on any atom is -0.460 e. The van der Waals surface area contributed by atoms with Crippen LogP contribution >= 0.6 is 22.6 Å². The van der Waals surface area contributed by atoms with Crippen molar-refractivity contribution in [3.8, 4) is 0 Å². The van der Waals surface area contributed by atoms with Crippen molar-refractivity contribution in [1.29, 1.82) is 0 Å². The number of benzene rings is 2.